The molecule has 2 aliphatic rings. The van der Waals surface area contributed by atoms with Crippen LogP contribution in [0.2, 0.25) is 0 Å². The van der Waals surface area contributed by atoms with Crippen molar-refractivity contribution >= 4 is 17.3 Å². The summed E-state index contributed by atoms with van der Waals surface area (Å²) in [5, 5.41) is 2.90. The molecule has 1 atom stereocenters. The van der Waals surface area contributed by atoms with Crippen LogP contribution in [0.4, 0.5) is 15.8 Å². The van der Waals surface area contributed by atoms with E-state index in [0.29, 0.717) is 23.8 Å². The number of carbonyl (C=O) groups is 1. The van der Waals surface area contributed by atoms with Crippen LogP contribution in [0.3, 0.4) is 0 Å². The Morgan fingerprint density at radius 2 is 2.17 bits per heavy atom. The number of nitrogens with one attached hydrogen (secondary N) is 1. The van der Waals surface area contributed by atoms with E-state index in [1.165, 1.54) is 18.6 Å². The summed E-state index contributed by atoms with van der Waals surface area (Å²) in [6.45, 7) is 3.80. The first kappa shape index (κ1) is 16.6. The molecule has 4 nitrogen and oxygen atoms in total. The topological polar surface area (TPSA) is 35.6 Å². The molecule has 0 aromatic heterocycles. The minimum absolute atomic E-state index is 0.198. The molecule has 0 saturated carbocycles. The second-order valence-corrected chi connectivity index (χ2v) is 6.57. The van der Waals surface area contributed by atoms with Crippen molar-refractivity contribution in [2.24, 2.45) is 0 Å². The van der Waals surface area contributed by atoms with Gasteiger partial charge in [-0.15, -0.1) is 0 Å². The Morgan fingerprint density at radius 3 is 2.88 bits per heavy atom. The summed E-state index contributed by atoms with van der Waals surface area (Å²) < 4.78 is 13.8. The van der Waals surface area contributed by atoms with E-state index in [0.717, 1.165) is 25.1 Å². The van der Waals surface area contributed by atoms with Crippen LogP contribution in [-0.2, 0) is 4.79 Å². The number of piperidine rings is 1. The molecular formula is C19H24FN3O. The second-order valence-electron chi connectivity index (χ2n) is 6.57. The fourth-order valence-corrected chi connectivity index (χ4v) is 3.26. The van der Waals surface area contributed by atoms with E-state index >= 15 is 0 Å². The third kappa shape index (κ3) is 3.61. The Morgan fingerprint density at radius 1 is 1.33 bits per heavy atom. The highest BCUT2D eigenvalue weighted by atomic mass is 19.1. The Bertz CT molecular complexity index is 683. The van der Waals surface area contributed by atoms with Gasteiger partial charge in [-0.2, -0.15) is 0 Å². The summed E-state index contributed by atoms with van der Waals surface area (Å²) in [5.41, 5.74) is 2.05. The van der Waals surface area contributed by atoms with E-state index in [-0.39, 0.29) is 11.7 Å². The van der Waals surface area contributed by atoms with Crippen molar-refractivity contribution in [3.63, 3.8) is 0 Å². The lowest BCUT2D eigenvalue weighted by Crippen LogP contribution is -2.38. The average molecular weight is 329 g/mol. The molecule has 1 saturated heterocycles. The van der Waals surface area contributed by atoms with Crippen LogP contribution in [0.5, 0.6) is 0 Å². The predicted octanol–water partition coefficient (Wildman–Crippen LogP) is 3.53. The zero-order valence-electron chi connectivity index (χ0n) is 14.3. The summed E-state index contributed by atoms with van der Waals surface area (Å²) in [6, 6.07) is 5.03. The molecule has 1 amide bonds. The number of rotatable bonds is 3. The Kier molecular flexibility index (Phi) is 4.88. The highest BCUT2D eigenvalue weighted by Crippen LogP contribution is 2.32. The summed E-state index contributed by atoms with van der Waals surface area (Å²) in [7, 11) is 1.95. The molecule has 0 spiro atoms. The molecule has 0 bridgehead atoms. The third-order valence-corrected chi connectivity index (χ3v) is 4.69. The molecule has 128 valence electrons. The van der Waals surface area contributed by atoms with E-state index in [1.54, 1.807) is 12.1 Å². The van der Waals surface area contributed by atoms with Crippen LogP contribution >= 0.6 is 0 Å². The minimum atomic E-state index is -0.341. The molecule has 0 radical (unpaired) electrons. The molecule has 24 heavy (non-hydrogen) atoms. The molecule has 1 aromatic rings. The first-order valence-electron chi connectivity index (χ1n) is 8.51. The van der Waals surface area contributed by atoms with Crippen LogP contribution in [0, 0.1) is 5.82 Å². The number of amides is 1. The number of nitrogens with zero attached hydrogens (tertiary/aromatic N) is 2. The minimum Gasteiger partial charge on any atom is -0.377 e. The molecule has 1 fully saturated rings. The van der Waals surface area contributed by atoms with Gasteiger partial charge < -0.3 is 15.1 Å². The van der Waals surface area contributed by atoms with Crippen LogP contribution in [0.15, 0.2) is 42.1 Å². The lowest BCUT2D eigenvalue weighted by Gasteiger charge is -2.36. The number of carbonyl (C=O) groups excluding carboxylic acids is 1. The Hall–Kier alpha value is -2.30. The van der Waals surface area contributed by atoms with Gasteiger partial charge in [-0.3, -0.25) is 4.79 Å². The first-order chi connectivity index (χ1) is 11.5. The van der Waals surface area contributed by atoms with Crippen LogP contribution in [0.1, 0.15) is 26.2 Å². The maximum absolute atomic E-state index is 13.8. The zero-order valence-corrected chi connectivity index (χ0v) is 14.3. The SMILES string of the molecule is CC1CCCCN1c1ccc(F)cc1NC(=O)C1=CCN(C)C=C1. The van der Waals surface area contributed by atoms with E-state index < -0.39 is 0 Å². The lowest BCUT2D eigenvalue weighted by molar-refractivity contribution is -0.112. The van der Waals surface area contributed by atoms with Gasteiger partial charge in [0, 0.05) is 31.8 Å². The zero-order chi connectivity index (χ0) is 17.1. The third-order valence-electron chi connectivity index (χ3n) is 4.69. The molecule has 0 aliphatic carbocycles. The smallest absolute Gasteiger partial charge is 0.255 e. The van der Waals surface area contributed by atoms with Crippen molar-refractivity contribution in [3.8, 4) is 0 Å². The normalized spacial score (nSPS) is 20.8. The molecule has 2 aliphatic heterocycles. The Balaban J connectivity index is 1.83. The van der Waals surface area contributed by atoms with Crippen molar-refractivity contribution in [3.05, 3.63) is 47.9 Å². The maximum Gasteiger partial charge on any atom is 0.255 e. The van der Waals surface area contributed by atoms with E-state index in [4.69, 9.17) is 0 Å². The van der Waals surface area contributed by atoms with Crippen molar-refractivity contribution in [2.75, 3.05) is 30.4 Å². The van der Waals surface area contributed by atoms with Gasteiger partial charge in [-0.1, -0.05) is 6.08 Å². The van der Waals surface area contributed by atoms with E-state index in [2.05, 4.69) is 17.1 Å². The predicted molar refractivity (Wildman–Crippen MR) is 95.5 cm³/mol. The summed E-state index contributed by atoms with van der Waals surface area (Å²) in [4.78, 5) is 16.8. The standard InChI is InChI=1S/C19H24FN3O/c1-14-5-3-4-10-23(14)18-7-6-16(20)13-17(18)21-19(24)15-8-11-22(2)12-9-15/h6-9,11,13-14H,3-5,10,12H2,1-2H3,(H,21,24). The summed E-state index contributed by atoms with van der Waals surface area (Å²) in [6.07, 6.45) is 8.97. The lowest BCUT2D eigenvalue weighted by atomic mass is 10.0. The molecule has 1 unspecified atom stereocenters. The van der Waals surface area contributed by atoms with Gasteiger partial charge in [0.25, 0.3) is 5.91 Å². The average Bonchev–Trinajstić information content (AvgIpc) is 2.56. The first-order valence-corrected chi connectivity index (χ1v) is 8.51. The van der Waals surface area contributed by atoms with Crippen molar-refractivity contribution in [1.29, 1.82) is 0 Å². The number of halogens is 1. The van der Waals surface area contributed by atoms with Crippen molar-refractivity contribution in [1.82, 2.24) is 4.90 Å². The van der Waals surface area contributed by atoms with E-state index in [9.17, 15) is 9.18 Å². The molecule has 5 heteroatoms. The Labute approximate surface area is 142 Å². The van der Waals surface area contributed by atoms with Gasteiger partial charge in [-0.05, 0) is 56.7 Å². The number of likely N-dealkylation sites (N-methyl/N-ethyl adjacent to an activating group) is 1. The van der Waals surface area contributed by atoms with Crippen molar-refractivity contribution in [2.45, 2.75) is 32.2 Å². The van der Waals surface area contributed by atoms with Gasteiger partial charge in [-0.25, -0.2) is 4.39 Å². The highest BCUT2D eigenvalue weighted by Gasteiger charge is 2.22. The highest BCUT2D eigenvalue weighted by molar-refractivity contribution is 6.07. The van der Waals surface area contributed by atoms with Gasteiger partial charge in [0.1, 0.15) is 5.82 Å². The van der Waals surface area contributed by atoms with Crippen molar-refractivity contribution < 1.29 is 9.18 Å². The monoisotopic (exact) mass is 329 g/mol. The maximum atomic E-state index is 13.8. The quantitative estimate of drug-likeness (QED) is 0.921. The summed E-state index contributed by atoms with van der Waals surface area (Å²) >= 11 is 0. The van der Waals surface area contributed by atoms with Gasteiger partial charge in [0.15, 0.2) is 0 Å². The molecule has 1 aromatic carbocycles. The number of anilines is 2. The van der Waals surface area contributed by atoms with Crippen LogP contribution in [0.25, 0.3) is 0 Å². The van der Waals surface area contributed by atoms with E-state index in [1.807, 2.05) is 24.2 Å². The number of benzene rings is 1. The number of hydrogen-bond donors (Lipinski definition) is 1. The molecule has 1 N–H and O–H groups in total. The van der Waals surface area contributed by atoms with Gasteiger partial charge >= 0.3 is 0 Å². The largest absolute Gasteiger partial charge is 0.377 e. The fourth-order valence-electron chi connectivity index (χ4n) is 3.26. The van der Waals surface area contributed by atoms with Crippen LogP contribution < -0.4 is 10.2 Å². The molecule has 3 rings (SSSR count). The summed E-state index contributed by atoms with van der Waals surface area (Å²) in [5.74, 6) is -0.539. The fraction of sp³-hybridized carbons (Fsp3) is 0.421. The van der Waals surface area contributed by atoms with Crippen LogP contribution in [-0.4, -0.2) is 37.0 Å². The molecule has 2 heterocycles. The number of hydrogen-bond acceptors (Lipinski definition) is 3. The molecular weight excluding hydrogens is 305 g/mol. The second kappa shape index (κ2) is 7.07. The van der Waals surface area contributed by atoms with Gasteiger partial charge in [0.2, 0.25) is 0 Å². The van der Waals surface area contributed by atoms with Gasteiger partial charge in [0.05, 0.1) is 11.4 Å².